The number of esters is 1. The molecule has 0 saturated carbocycles. The molecule has 1 unspecified atom stereocenters. The van der Waals surface area contributed by atoms with Gasteiger partial charge < -0.3 is 14.6 Å². The van der Waals surface area contributed by atoms with Gasteiger partial charge in [0.05, 0.1) is 7.11 Å². The Morgan fingerprint density at radius 1 is 1.28 bits per heavy atom. The van der Waals surface area contributed by atoms with E-state index in [1.54, 1.807) is 25.2 Å². The van der Waals surface area contributed by atoms with Gasteiger partial charge in [-0.05, 0) is 43.5 Å². The molecule has 1 saturated heterocycles. The lowest BCUT2D eigenvalue weighted by atomic mass is 10.1. The minimum atomic E-state index is -3.97. The third-order valence-electron chi connectivity index (χ3n) is 4.94. The van der Waals surface area contributed by atoms with Gasteiger partial charge in [-0.25, -0.2) is 13.2 Å². The normalized spacial score (nSPS) is 17.3. The first-order valence-electron chi connectivity index (χ1n) is 8.98. The Hall–Kier alpha value is -2.36. The predicted molar refractivity (Wildman–Crippen MR) is 108 cm³/mol. The average molecular weight is 440 g/mol. The number of halogens is 1. The fourth-order valence-electron chi connectivity index (χ4n) is 3.35. The third-order valence-corrected chi connectivity index (χ3v) is 7.05. The van der Waals surface area contributed by atoms with Gasteiger partial charge in [0.2, 0.25) is 15.9 Å². The molecule has 8 nitrogen and oxygen atoms in total. The second-order valence-electron chi connectivity index (χ2n) is 6.89. The zero-order valence-electron chi connectivity index (χ0n) is 16.3. The van der Waals surface area contributed by atoms with Gasteiger partial charge in [0, 0.05) is 30.5 Å². The Morgan fingerprint density at radius 2 is 2.00 bits per heavy atom. The fourth-order valence-corrected chi connectivity index (χ4v) is 5.25. The van der Waals surface area contributed by atoms with Crippen molar-refractivity contribution < 1.29 is 22.7 Å². The first kappa shape index (κ1) is 21.4. The molecular weight excluding hydrogens is 418 g/mol. The van der Waals surface area contributed by atoms with Crippen LogP contribution in [-0.4, -0.2) is 48.9 Å². The lowest BCUT2D eigenvalue weighted by Gasteiger charge is -2.23. The van der Waals surface area contributed by atoms with Crippen LogP contribution in [0.2, 0.25) is 5.02 Å². The summed E-state index contributed by atoms with van der Waals surface area (Å²) in [5.41, 5.74) is 1.47. The van der Waals surface area contributed by atoms with E-state index < -0.39 is 27.9 Å². The Kier molecular flexibility index (Phi) is 6.02. The van der Waals surface area contributed by atoms with Gasteiger partial charge in [-0.1, -0.05) is 17.7 Å². The van der Waals surface area contributed by atoms with Crippen LogP contribution in [0.25, 0.3) is 0 Å². The predicted octanol–water partition coefficient (Wildman–Crippen LogP) is 2.57. The second kappa shape index (κ2) is 8.17. The average Bonchev–Trinajstić information content (AvgIpc) is 3.31. The van der Waals surface area contributed by atoms with Crippen LogP contribution in [0, 0.1) is 6.92 Å². The van der Waals surface area contributed by atoms with Crippen LogP contribution in [-0.2, 0) is 26.6 Å². The first-order chi connectivity index (χ1) is 13.6. The van der Waals surface area contributed by atoms with Crippen molar-refractivity contribution in [1.29, 1.82) is 0 Å². The minimum Gasteiger partial charge on any atom is -0.464 e. The van der Waals surface area contributed by atoms with E-state index >= 15 is 0 Å². The number of hydrogen-bond acceptors (Lipinski definition) is 5. The number of carbonyl (C=O) groups is 2. The van der Waals surface area contributed by atoms with Crippen molar-refractivity contribution in [3.8, 4) is 0 Å². The number of rotatable bonds is 5. The van der Waals surface area contributed by atoms with Crippen LogP contribution < -0.4 is 5.32 Å². The molecule has 156 valence electrons. The Morgan fingerprint density at radius 3 is 2.69 bits per heavy atom. The Balaban J connectivity index is 1.87. The van der Waals surface area contributed by atoms with Crippen molar-refractivity contribution in [1.82, 2.24) is 8.87 Å². The molecular formula is C19H22ClN3O5S. The summed E-state index contributed by atoms with van der Waals surface area (Å²) in [4.78, 5) is 24.6. The van der Waals surface area contributed by atoms with Gasteiger partial charge in [0.25, 0.3) is 0 Å². The number of methoxy groups -OCH3 is 1. The van der Waals surface area contributed by atoms with Crippen LogP contribution in [0.3, 0.4) is 0 Å². The number of nitrogens with zero attached hydrogens (tertiary/aromatic N) is 2. The Labute approximate surface area is 174 Å². The summed E-state index contributed by atoms with van der Waals surface area (Å²) in [6.45, 7) is 2.05. The summed E-state index contributed by atoms with van der Waals surface area (Å²) in [5, 5.41) is 3.26. The molecule has 1 aliphatic rings. The number of aromatic nitrogens is 1. The Bertz CT molecular complexity index is 1060. The maximum Gasteiger partial charge on any atom is 0.354 e. The van der Waals surface area contributed by atoms with E-state index in [0.717, 1.165) is 5.56 Å². The number of aryl methyl sites for hydroxylation is 2. The standard InChI is InChI=1S/C19H22ClN3O5S/c1-12-6-7-13(20)9-15(12)21-18(24)16-5-4-8-23(16)29(26,27)14-10-17(19(25)28-3)22(2)11-14/h6-7,9-11,16H,4-5,8H2,1-3H3,(H,21,24). The molecule has 2 heterocycles. The first-order valence-corrected chi connectivity index (χ1v) is 10.8. The van der Waals surface area contributed by atoms with Gasteiger partial charge >= 0.3 is 5.97 Å². The van der Waals surface area contributed by atoms with Crippen molar-refractivity contribution in [2.45, 2.75) is 30.7 Å². The van der Waals surface area contributed by atoms with Gasteiger partial charge in [0.15, 0.2) is 0 Å². The molecule has 1 amide bonds. The van der Waals surface area contributed by atoms with Gasteiger partial charge in [-0.3, -0.25) is 4.79 Å². The molecule has 1 aromatic heterocycles. The second-order valence-corrected chi connectivity index (χ2v) is 9.21. The topological polar surface area (TPSA) is 97.7 Å². The van der Waals surface area contributed by atoms with Crippen molar-refractivity contribution >= 4 is 39.2 Å². The molecule has 1 aliphatic heterocycles. The molecule has 1 N–H and O–H groups in total. The molecule has 10 heteroatoms. The maximum absolute atomic E-state index is 13.2. The zero-order valence-corrected chi connectivity index (χ0v) is 17.9. The van der Waals surface area contributed by atoms with Crippen LogP contribution in [0.4, 0.5) is 5.69 Å². The summed E-state index contributed by atoms with van der Waals surface area (Å²) in [6.07, 6.45) is 2.31. The molecule has 2 aromatic rings. The number of carbonyl (C=O) groups excluding carboxylic acids is 2. The highest BCUT2D eigenvalue weighted by atomic mass is 35.5. The number of anilines is 1. The zero-order chi connectivity index (χ0) is 21.3. The van der Waals surface area contributed by atoms with Crippen LogP contribution in [0.5, 0.6) is 0 Å². The highest BCUT2D eigenvalue weighted by Gasteiger charge is 2.40. The van der Waals surface area contributed by atoms with Crippen LogP contribution in [0.15, 0.2) is 35.4 Å². The van der Waals surface area contributed by atoms with E-state index in [0.29, 0.717) is 23.6 Å². The molecule has 1 atom stereocenters. The highest BCUT2D eigenvalue weighted by Crippen LogP contribution is 2.29. The molecule has 1 aromatic carbocycles. The molecule has 0 radical (unpaired) electrons. The maximum atomic E-state index is 13.2. The molecule has 0 bridgehead atoms. The van der Waals surface area contributed by atoms with Gasteiger partial charge in [0.1, 0.15) is 16.6 Å². The summed E-state index contributed by atoms with van der Waals surface area (Å²) in [5.74, 6) is -1.05. The number of hydrogen-bond donors (Lipinski definition) is 1. The van der Waals surface area contributed by atoms with E-state index in [9.17, 15) is 18.0 Å². The minimum absolute atomic E-state index is 0.0564. The number of sulfonamides is 1. The van der Waals surface area contributed by atoms with E-state index in [-0.39, 0.29) is 17.1 Å². The molecule has 1 fully saturated rings. The lowest BCUT2D eigenvalue weighted by molar-refractivity contribution is -0.119. The van der Waals surface area contributed by atoms with Crippen LogP contribution >= 0.6 is 11.6 Å². The molecule has 0 spiro atoms. The largest absolute Gasteiger partial charge is 0.464 e. The van der Waals surface area contributed by atoms with Crippen molar-refractivity contribution in [2.24, 2.45) is 7.05 Å². The lowest BCUT2D eigenvalue weighted by Crippen LogP contribution is -2.43. The van der Waals surface area contributed by atoms with Gasteiger partial charge in [-0.15, -0.1) is 0 Å². The third kappa shape index (κ3) is 4.17. The number of nitrogens with one attached hydrogen (secondary N) is 1. The van der Waals surface area contributed by atoms with E-state index in [1.165, 1.54) is 28.2 Å². The smallest absolute Gasteiger partial charge is 0.354 e. The number of benzene rings is 1. The van der Waals surface area contributed by atoms with E-state index in [4.69, 9.17) is 11.6 Å². The quantitative estimate of drug-likeness (QED) is 0.722. The number of amides is 1. The highest BCUT2D eigenvalue weighted by molar-refractivity contribution is 7.89. The monoisotopic (exact) mass is 439 g/mol. The molecule has 3 rings (SSSR count). The van der Waals surface area contributed by atoms with Crippen molar-refractivity contribution in [3.05, 3.63) is 46.7 Å². The summed E-state index contributed by atoms with van der Waals surface area (Å²) in [7, 11) is -1.19. The van der Waals surface area contributed by atoms with E-state index in [1.807, 2.05) is 6.92 Å². The van der Waals surface area contributed by atoms with Gasteiger partial charge in [-0.2, -0.15) is 4.31 Å². The summed E-state index contributed by atoms with van der Waals surface area (Å²) < 4.78 is 33.6. The van der Waals surface area contributed by atoms with Crippen molar-refractivity contribution in [2.75, 3.05) is 19.0 Å². The van der Waals surface area contributed by atoms with Crippen LogP contribution in [0.1, 0.15) is 28.9 Å². The summed E-state index contributed by atoms with van der Waals surface area (Å²) >= 11 is 6.00. The van der Waals surface area contributed by atoms with E-state index in [2.05, 4.69) is 10.1 Å². The summed E-state index contributed by atoms with van der Waals surface area (Å²) in [6, 6.07) is 5.53. The molecule has 29 heavy (non-hydrogen) atoms. The SMILES string of the molecule is COC(=O)c1cc(S(=O)(=O)N2CCCC2C(=O)Nc2cc(Cl)ccc2C)cn1C. The number of ether oxygens (including phenoxy) is 1. The molecule has 0 aliphatic carbocycles. The van der Waals surface area contributed by atoms with Crippen molar-refractivity contribution in [3.63, 3.8) is 0 Å². The fraction of sp³-hybridized carbons (Fsp3) is 0.368.